The fraction of sp³-hybridized carbons (Fsp3) is 0.600. The molecule has 3 rings (SSSR count). The van der Waals surface area contributed by atoms with Gasteiger partial charge < -0.3 is 19.8 Å². The lowest BCUT2D eigenvalue weighted by Gasteiger charge is -2.29. The van der Waals surface area contributed by atoms with E-state index in [1.54, 1.807) is 7.11 Å². The maximum atomic E-state index is 9.10. The summed E-state index contributed by atoms with van der Waals surface area (Å²) in [5, 5.41) is 14.8. The van der Waals surface area contributed by atoms with Crippen LogP contribution in [0.5, 0.6) is 5.75 Å². The Labute approximate surface area is 154 Å². The van der Waals surface area contributed by atoms with Crippen LogP contribution in [0.1, 0.15) is 51.0 Å². The first-order valence-corrected chi connectivity index (χ1v) is 9.26. The van der Waals surface area contributed by atoms with Crippen molar-refractivity contribution in [2.24, 2.45) is 0 Å². The van der Waals surface area contributed by atoms with Gasteiger partial charge in [0.05, 0.1) is 7.11 Å². The van der Waals surface area contributed by atoms with Gasteiger partial charge in [-0.05, 0) is 74.7 Å². The molecular formula is C20H29NO5. The Morgan fingerprint density at radius 1 is 1.27 bits per heavy atom. The van der Waals surface area contributed by atoms with Gasteiger partial charge in [0.25, 0.3) is 0 Å². The number of rotatable bonds is 4. The van der Waals surface area contributed by atoms with Crippen molar-refractivity contribution in [3.63, 3.8) is 0 Å². The largest absolute Gasteiger partial charge is 0.497 e. The monoisotopic (exact) mass is 363 g/mol. The number of benzene rings is 1. The minimum Gasteiger partial charge on any atom is -0.497 e. The van der Waals surface area contributed by atoms with Gasteiger partial charge in [0.1, 0.15) is 5.75 Å². The molecule has 1 aliphatic carbocycles. The highest BCUT2D eigenvalue weighted by Gasteiger charge is 2.44. The number of carboxylic acids is 2. The maximum absolute atomic E-state index is 9.10. The summed E-state index contributed by atoms with van der Waals surface area (Å²) in [6, 6.07) is 9.62. The van der Waals surface area contributed by atoms with Gasteiger partial charge in [-0.15, -0.1) is 0 Å². The molecule has 6 nitrogen and oxygen atoms in total. The van der Waals surface area contributed by atoms with Crippen LogP contribution < -0.4 is 4.74 Å². The van der Waals surface area contributed by atoms with Crippen LogP contribution in [0.15, 0.2) is 24.3 Å². The van der Waals surface area contributed by atoms with Crippen molar-refractivity contribution >= 4 is 11.9 Å². The first-order chi connectivity index (χ1) is 12.4. The van der Waals surface area contributed by atoms with E-state index >= 15 is 0 Å². The maximum Gasteiger partial charge on any atom is 0.414 e. The van der Waals surface area contributed by atoms with Gasteiger partial charge in [-0.2, -0.15) is 0 Å². The van der Waals surface area contributed by atoms with Crippen LogP contribution in [0, 0.1) is 0 Å². The van der Waals surface area contributed by atoms with Crippen molar-refractivity contribution in [3.8, 4) is 5.75 Å². The number of carboxylic acid groups (broad SMARTS) is 2. The summed E-state index contributed by atoms with van der Waals surface area (Å²) in [6.07, 6.45) is 8.04. The van der Waals surface area contributed by atoms with Crippen molar-refractivity contribution in [1.82, 2.24) is 4.90 Å². The number of likely N-dealkylation sites (tertiary alicyclic amines) is 1. The second-order valence-corrected chi connectivity index (χ2v) is 7.16. The van der Waals surface area contributed by atoms with E-state index in [2.05, 4.69) is 36.1 Å². The quantitative estimate of drug-likeness (QED) is 0.799. The number of aliphatic carboxylic acids is 2. The molecule has 144 valence electrons. The van der Waals surface area contributed by atoms with Crippen LogP contribution in [-0.2, 0) is 15.0 Å². The normalized spacial score (nSPS) is 24.9. The molecule has 2 N–H and O–H groups in total. The van der Waals surface area contributed by atoms with E-state index in [0.29, 0.717) is 5.41 Å². The minimum absolute atomic E-state index is 0.418. The third-order valence-corrected chi connectivity index (χ3v) is 5.58. The molecule has 0 spiro atoms. The predicted octanol–water partition coefficient (Wildman–Crippen LogP) is 3.15. The Balaban J connectivity index is 0.000000352. The topological polar surface area (TPSA) is 87.1 Å². The SMILES string of the molecule is CCCN1CCCC2(c3cccc(OC)c3)CCC1C2.O=C(O)C(=O)O. The first-order valence-electron chi connectivity index (χ1n) is 9.26. The van der Waals surface area contributed by atoms with Crippen molar-refractivity contribution < 1.29 is 24.5 Å². The molecule has 2 fully saturated rings. The van der Waals surface area contributed by atoms with Crippen LogP contribution in [0.2, 0.25) is 0 Å². The van der Waals surface area contributed by atoms with Crippen LogP contribution in [-0.4, -0.2) is 53.3 Å². The molecule has 1 heterocycles. The molecule has 2 aliphatic rings. The number of methoxy groups -OCH3 is 1. The zero-order valence-electron chi connectivity index (χ0n) is 15.6. The Morgan fingerprint density at radius 2 is 2.00 bits per heavy atom. The smallest absolute Gasteiger partial charge is 0.414 e. The van der Waals surface area contributed by atoms with E-state index in [1.807, 2.05) is 0 Å². The van der Waals surface area contributed by atoms with E-state index in [0.717, 1.165) is 11.8 Å². The average molecular weight is 363 g/mol. The van der Waals surface area contributed by atoms with E-state index in [1.165, 1.54) is 57.2 Å². The second-order valence-electron chi connectivity index (χ2n) is 7.16. The summed E-state index contributed by atoms with van der Waals surface area (Å²) >= 11 is 0. The third kappa shape index (κ3) is 4.75. The zero-order valence-corrected chi connectivity index (χ0v) is 15.6. The number of hydrogen-bond acceptors (Lipinski definition) is 4. The predicted molar refractivity (Wildman–Crippen MR) is 98.7 cm³/mol. The lowest BCUT2D eigenvalue weighted by molar-refractivity contribution is -0.159. The lowest BCUT2D eigenvalue weighted by Crippen LogP contribution is -2.34. The standard InChI is InChI=1S/C18H27NO.C2H2O4/c1-3-11-19-12-5-9-18(10-8-16(19)14-18)15-6-4-7-17(13-15)20-2;3-1(4)2(5)6/h4,6-7,13,16H,3,5,8-12,14H2,1-2H3;(H,3,4)(H,5,6). The summed E-state index contributed by atoms with van der Waals surface area (Å²) in [6.45, 7) is 4.87. The molecule has 1 aromatic carbocycles. The Bertz CT molecular complexity index is 620. The van der Waals surface area contributed by atoms with Crippen molar-refractivity contribution in [2.75, 3.05) is 20.2 Å². The van der Waals surface area contributed by atoms with Crippen LogP contribution in [0.4, 0.5) is 0 Å². The van der Waals surface area contributed by atoms with Crippen LogP contribution in [0.25, 0.3) is 0 Å². The highest BCUT2D eigenvalue weighted by molar-refractivity contribution is 6.27. The fourth-order valence-corrected chi connectivity index (χ4v) is 4.38. The van der Waals surface area contributed by atoms with Gasteiger partial charge >= 0.3 is 11.9 Å². The molecule has 1 aromatic rings. The lowest BCUT2D eigenvalue weighted by atomic mass is 9.75. The van der Waals surface area contributed by atoms with Crippen molar-refractivity contribution in [2.45, 2.75) is 56.9 Å². The third-order valence-electron chi connectivity index (χ3n) is 5.58. The van der Waals surface area contributed by atoms with Gasteiger partial charge in [0.15, 0.2) is 0 Å². The van der Waals surface area contributed by atoms with E-state index < -0.39 is 11.9 Å². The first kappa shape index (κ1) is 20.2. The number of hydrogen-bond donors (Lipinski definition) is 2. The Morgan fingerprint density at radius 3 is 2.62 bits per heavy atom. The molecule has 2 bridgehead atoms. The van der Waals surface area contributed by atoms with Gasteiger partial charge in [-0.3, -0.25) is 0 Å². The number of ether oxygens (including phenoxy) is 1. The molecule has 1 saturated heterocycles. The molecule has 0 amide bonds. The fourth-order valence-electron chi connectivity index (χ4n) is 4.38. The molecular weight excluding hydrogens is 334 g/mol. The van der Waals surface area contributed by atoms with Gasteiger partial charge in [0, 0.05) is 6.04 Å². The van der Waals surface area contributed by atoms with Crippen LogP contribution >= 0.6 is 0 Å². The number of fused-ring (bicyclic) bond motifs is 2. The summed E-state index contributed by atoms with van der Waals surface area (Å²) in [7, 11) is 1.77. The van der Waals surface area contributed by atoms with Gasteiger partial charge in [-0.1, -0.05) is 19.1 Å². The van der Waals surface area contributed by atoms with Crippen LogP contribution in [0.3, 0.4) is 0 Å². The Hall–Kier alpha value is -2.08. The highest BCUT2D eigenvalue weighted by Crippen LogP contribution is 2.48. The Kier molecular flexibility index (Phi) is 7.03. The van der Waals surface area contributed by atoms with Crippen molar-refractivity contribution in [1.29, 1.82) is 0 Å². The second kappa shape index (κ2) is 9.03. The molecule has 0 aromatic heterocycles. The van der Waals surface area contributed by atoms with E-state index in [4.69, 9.17) is 24.5 Å². The molecule has 1 aliphatic heterocycles. The summed E-state index contributed by atoms with van der Waals surface area (Å²) < 4.78 is 5.43. The van der Waals surface area contributed by atoms with E-state index in [9.17, 15) is 0 Å². The summed E-state index contributed by atoms with van der Waals surface area (Å²) in [5.41, 5.74) is 1.93. The molecule has 6 heteroatoms. The molecule has 0 radical (unpaired) electrons. The molecule has 2 unspecified atom stereocenters. The number of nitrogens with zero attached hydrogens (tertiary/aromatic N) is 1. The zero-order chi connectivity index (χ0) is 19.2. The molecule has 1 saturated carbocycles. The molecule has 2 atom stereocenters. The minimum atomic E-state index is -1.82. The van der Waals surface area contributed by atoms with Gasteiger partial charge in [-0.25, -0.2) is 9.59 Å². The highest BCUT2D eigenvalue weighted by atomic mass is 16.5. The average Bonchev–Trinajstić information content (AvgIpc) is 2.98. The van der Waals surface area contributed by atoms with Gasteiger partial charge in [0.2, 0.25) is 0 Å². The number of carbonyl (C=O) groups is 2. The summed E-state index contributed by atoms with van der Waals surface area (Å²) in [5.74, 6) is -2.64. The molecule has 26 heavy (non-hydrogen) atoms. The van der Waals surface area contributed by atoms with Crippen molar-refractivity contribution in [3.05, 3.63) is 29.8 Å². The van der Waals surface area contributed by atoms with E-state index in [-0.39, 0.29) is 0 Å². The summed E-state index contributed by atoms with van der Waals surface area (Å²) in [4.78, 5) is 20.9.